The second-order valence-corrected chi connectivity index (χ2v) is 7.23. The van der Waals surface area contributed by atoms with Gasteiger partial charge in [-0.05, 0) is 0 Å². The van der Waals surface area contributed by atoms with Crippen molar-refractivity contribution in [2.45, 2.75) is 61.0 Å². The van der Waals surface area contributed by atoms with E-state index in [9.17, 15) is 55.2 Å². The van der Waals surface area contributed by atoms with E-state index in [2.05, 4.69) is 0 Å². The van der Waals surface area contributed by atoms with Crippen LogP contribution < -0.4 is 0 Å². The quantitative estimate of drug-likeness (QED) is 0.0728. The van der Waals surface area contributed by atoms with Crippen LogP contribution in [0.2, 0.25) is 0 Å². The van der Waals surface area contributed by atoms with Crippen LogP contribution in [0, 0.1) is 0 Å². The van der Waals surface area contributed by atoms with Crippen LogP contribution in [0.1, 0.15) is 0 Å². The Morgan fingerprint density at radius 3 is 1.32 bits per heavy atom. The van der Waals surface area contributed by atoms with Crippen LogP contribution in [0.25, 0.3) is 0 Å². The van der Waals surface area contributed by atoms with Crippen molar-refractivity contribution in [3.63, 3.8) is 0 Å². The summed E-state index contributed by atoms with van der Waals surface area (Å²) in [5.41, 5.74) is 0. The molecule has 0 saturated carbocycles. The number of aliphatic hydroxyl groups excluding tert-OH is 11. The normalized spacial score (nSPS) is 20.8. The van der Waals surface area contributed by atoms with Crippen LogP contribution in [0.5, 0.6) is 0 Å². The Morgan fingerprint density at radius 2 is 0.971 bits per heavy atom. The van der Waals surface area contributed by atoms with Crippen LogP contribution in [-0.4, -0.2) is 168 Å². The molecule has 0 bridgehead atoms. The Hall–Kier alpha value is -1.51. The number of Topliss-reactive ketones (excluding diaryl/α,β-unsaturated/α-hetero) is 2. The van der Waals surface area contributed by atoms with Crippen molar-refractivity contribution >= 4 is 17.9 Å². The largest absolute Gasteiger partial charge is 0.394 e. The van der Waals surface area contributed by atoms with E-state index in [4.69, 9.17) is 24.8 Å². The van der Waals surface area contributed by atoms with Gasteiger partial charge < -0.3 is 70.4 Å². The fourth-order valence-corrected chi connectivity index (χ4v) is 2.47. The van der Waals surface area contributed by atoms with Crippen molar-refractivity contribution in [3.05, 3.63) is 0 Å². The van der Waals surface area contributed by atoms with Gasteiger partial charge in [0, 0.05) is 0 Å². The number of carbonyl (C=O) groups excluding carboxylic acids is 3. The second-order valence-electron chi connectivity index (χ2n) is 7.23. The molecule has 10 atom stereocenters. The van der Waals surface area contributed by atoms with Gasteiger partial charge in [0.05, 0.1) is 19.8 Å². The van der Waals surface area contributed by atoms with Gasteiger partial charge >= 0.3 is 0 Å². The van der Waals surface area contributed by atoms with Crippen molar-refractivity contribution in [2.75, 3.05) is 33.0 Å². The van der Waals surface area contributed by atoms with Gasteiger partial charge in [-0.1, -0.05) is 0 Å². The molecule has 0 fully saturated rings. The number of aliphatic hydroxyl groups is 11. The molecular formula is C18H32O16. The average Bonchev–Trinajstić information content (AvgIpc) is 2.85. The number of hydrogen-bond acceptors (Lipinski definition) is 16. The number of rotatable bonds is 19. The maximum Gasteiger partial charge on any atom is 0.189 e. The molecule has 0 radical (unpaired) electrons. The highest BCUT2D eigenvalue weighted by atomic mass is 16.6. The minimum Gasteiger partial charge on any atom is -0.394 e. The summed E-state index contributed by atoms with van der Waals surface area (Å²) in [5.74, 6) is -2.58. The lowest BCUT2D eigenvalue weighted by Gasteiger charge is -2.30. The number of ether oxygens (including phenoxy) is 2. The predicted molar refractivity (Wildman–Crippen MR) is 105 cm³/mol. The molecule has 0 spiro atoms. The van der Waals surface area contributed by atoms with E-state index in [1.165, 1.54) is 0 Å². The van der Waals surface area contributed by atoms with E-state index >= 15 is 0 Å². The zero-order valence-electron chi connectivity index (χ0n) is 17.8. The van der Waals surface area contributed by atoms with Crippen LogP contribution in [-0.2, 0) is 23.9 Å². The van der Waals surface area contributed by atoms with E-state index in [0.29, 0.717) is 0 Å². The molecule has 0 aliphatic heterocycles. The topological polar surface area (TPSA) is 292 Å². The zero-order chi connectivity index (χ0) is 26.6. The molecule has 0 heterocycles. The van der Waals surface area contributed by atoms with Crippen LogP contribution in [0.3, 0.4) is 0 Å². The summed E-state index contributed by atoms with van der Waals surface area (Å²) in [4.78, 5) is 35.4. The molecule has 0 aliphatic carbocycles. The Morgan fingerprint density at radius 1 is 0.618 bits per heavy atom. The molecule has 0 aromatic carbocycles. The van der Waals surface area contributed by atoms with Gasteiger partial charge in [-0.15, -0.1) is 0 Å². The first-order valence-electron chi connectivity index (χ1n) is 9.88. The molecule has 0 aromatic heterocycles. The van der Waals surface area contributed by atoms with Crippen LogP contribution in [0.15, 0.2) is 0 Å². The van der Waals surface area contributed by atoms with Gasteiger partial charge in [-0.3, -0.25) is 9.59 Å². The molecule has 0 saturated heterocycles. The molecule has 200 valence electrons. The van der Waals surface area contributed by atoms with Crippen LogP contribution >= 0.6 is 0 Å². The number of hydrogen-bond donors (Lipinski definition) is 11. The van der Waals surface area contributed by atoms with Crippen molar-refractivity contribution in [2.24, 2.45) is 0 Å². The van der Waals surface area contributed by atoms with Crippen LogP contribution in [0.4, 0.5) is 0 Å². The molecule has 0 aromatic rings. The molecule has 11 N–H and O–H groups in total. The predicted octanol–water partition coefficient (Wildman–Crippen LogP) is -8.04. The first-order valence-corrected chi connectivity index (χ1v) is 9.88. The summed E-state index contributed by atoms with van der Waals surface area (Å²) in [7, 11) is 0. The molecule has 34 heavy (non-hydrogen) atoms. The lowest BCUT2D eigenvalue weighted by molar-refractivity contribution is -0.174. The minimum atomic E-state index is -2.27. The van der Waals surface area contributed by atoms with Gasteiger partial charge in [-0.2, -0.15) is 0 Å². The second kappa shape index (κ2) is 16.2. The monoisotopic (exact) mass is 504 g/mol. The SMILES string of the molecule is O=C[C@H](OCC(=O)[C@@H](O)[C@H](O)[C@H](O)CO)[C@@H](OCC(=O)[C@H](O)[C@H](O)[C@H](O)CO)[C@H](O)[C@H](O)CO. The summed E-state index contributed by atoms with van der Waals surface area (Å²) in [6, 6.07) is 0. The van der Waals surface area contributed by atoms with E-state index < -0.39 is 106 Å². The van der Waals surface area contributed by atoms with E-state index in [-0.39, 0.29) is 6.29 Å². The van der Waals surface area contributed by atoms with Gasteiger partial charge in [-0.25, -0.2) is 0 Å². The maximum atomic E-state index is 12.0. The molecule has 0 rings (SSSR count). The fraction of sp³-hybridized carbons (Fsp3) is 0.833. The first kappa shape index (κ1) is 32.5. The Balaban J connectivity index is 5.37. The van der Waals surface area contributed by atoms with Crippen molar-refractivity contribution in [3.8, 4) is 0 Å². The van der Waals surface area contributed by atoms with Crippen molar-refractivity contribution in [1.82, 2.24) is 0 Å². The lowest BCUT2D eigenvalue weighted by atomic mass is 10.0. The van der Waals surface area contributed by atoms with Gasteiger partial charge in [0.2, 0.25) is 0 Å². The summed E-state index contributed by atoms with van der Waals surface area (Å²) >= 11 is 0. The highest BCUT2D eigenvalue weighted by molar-refractivity contribution is 5.85. The van der Waals surface area contributed by atoms with Crippen molar-refractivity contribution < 1.29 is 80.0 Å². The molecule has 0 aliphatic rings. The fourth-order valence-electron chi connectivity index (χ4n) is 2.47. The average molecular weight is 504 g/mol. The smallest absolute Gasteiger partial charge is 0.189 e. The molecule has 0 unspecified atom stereocenters. The Kier molecular flexibility index (Phi) is 15.5. The summed E-state index contributed by atoms with van der Waals surface area (Å²) in [5, 5.41) is 103. The number of aldehydes is 1. The molecule has 0 amide bonds. The highest BCUT2D eigenvalue weighted by Gasteiger charge is 2.38. The maximum absolute atomic E-state index is 12.0. The minimum absolute atomic E-state index is 0.0398. The third kappa shape index (κ3) is 9.62. The third-order valence-electron chi connectivity index (χ3n) is 4.68. The summed E-state index contributed by atoms with van der Waals surface area (Å²) in [6.07, 6.45) is -20.5. The van der Waals surface area contributed by atoms with Gasteiger partial charge in [0.1, 0.15) is 74.3 Å². The van der Waals surface area contributed by atoms with E-state index in [0.717, 1.165) is 0 Å². The summed E-state index contributed by atoms with van der Waals surface area (Å²) in [6.45, 7) is -5.31. The lowest BCUT2D eigenvalue weighted by Crippen LogP contribution is -2.52. The standard InChI is InChI=1S/C18H32O16/c19-1-7(23)13(28)15(30)10(26)5-33-12(4-22)18(17(32)9(25)3-21)34-6-11(27)16(31)14(29)8(24)2-20/h4,7-9,12-21,23-25,28-32H,1-3,5-6H2/t7-,8-,9-,12+,13-,14-,15-,16+,17-,18-/m1/s1. The van der Waals surface area contributed by atoms with E-state index in [1.807, 2.05) is 0 Å². The third-order valence-corrected chi connectivity index (χ3v) is 4.68. The summed E-state index contributed by atoms with van der Waals surface area (Å²) < 4.78 is 9.89. The van der Waals surface area contributed by atoms with E-state index in [1.54, 1.807) is 0 Å². The van der Waals surface area contributed by atoms with Gasteiger partial charge in [0.15, 0.2) is 17.9 Å². The number of carbonyl (C=O) groups is 3. The molecular weight excluding hydrogens is 472 g/mol. The Labute approximate surface area is 192 Å². The highest BCUT2D eigenvalue weighted by Crippen LogP contribution is 2.14. The van der Waals surface area contributed by atoms with Crippen molar-refractivity contribution in [1.29, 1.82) is 0 Å². The Bertz CT molecular complexity index is 617. The molecule has 16 nitrogen and oxygen atoms in total. The first-order chi connectivity index (χ1) is 15.9. The number of ketones is 2. The van der Waals surface area contributed by atoms with Gasteiger partial charge in [0.25, 0.3) is 0 Å². The zero-order valence-corrected chi connectivity index (χ0v) is 17.8. The molecule has 16 heteroatoms.